The van der Waals surface area contributed by atoms with E-state index in [1.165, 1.54) is 4.90 Å². The van der Waals surface area contributed by atoms with Crippen molar-refractivity contribution in [2.75, 3.05) is 32.7 Å². The lowest BCUT2D eigenvalue weighted by atomic mass is 10.3. The molecule has 0 saturated carbocycles. The lowest BCUT2D eigenvalue weighted by molar-refractivity contribution is -0.127. The predicted molar refractivity (Wildman–Crippen MR) is 71.5 cm³/mol. The summed E-state index contributed by atoms with van der Waals surface area (Å²) in [6.45, 7) is 3.41. The molecule has 0 aliphatic rings. The zero-order chi connectivity index (χ0) is 13.4. The Morgan fingerprint density at radius 2 is 1.89 bits per heavy atom. The number of amides is 1. The molecule has 0 atom stereocenters. The zero-order valence-electron chi connectivity index (χ0n) is 10.7. The number of para-hydroxylation sites is 2. The average molecular weight is 272 g/mol. The van der Waals surface area contributed by atoms with Crippen LogP contribution in [0.4, 0.5) is 0 Å². The third-order valence-corrected chi connectivity index (χ3v) is 2.60. The van der Waals surface area contributed by atoms with Crippen molar-refractivity contribution in [3.05, 3.63) is 24.3 Å². The second-order valence-electron chi connectivity index (χ2n) is 3.68. The van der Waals surface area contributed by atoms with Gasteiger partial charge in [0.05, 0.1) is 13.2 Å². The summed E-state index contributed by atoms with van der Waals surface area (Å²) in [4.78, 5) is 12.8. The van der Waals surface area contributed by atoms with E-state index in [9.17, 15) is 4.79 Å². The van der Waals surface area contributed by atoms with Crippen LogP contribution in [-0.4, -0.2) is 43.5 Å². The van der Waals surface area contributed by atoms with Gasteiger partial charge in [-0.15, -0.1) is 11.6 Å². The largest absolute Gasteiger partial charge is 0.490 e. The minimum atomic E-state index is -0.113. The smallest absolute Gasteiger partial charge is 0.237 e. The lowest BCUT2D eigenvalue weighted by Gasteiger charge is -2.17. The van der Waals surface area contributed by atoms with Crippen LogP contribution < -0.4 is 9.47 Å². The molecule has 18 heavy (non-hydrogen) atoms. The number of benzene rings is 1. The molecule has 4 nitrogen and oxygen atoms in total. The molecule has 100 valence electrons. The summed E-state index contributed by atoms with van der Waals surface area (Å²) in [6.07, 6.45) is 0. The van der Waals surface area contributed by atoms with Gasteiger partial charge in [-0.2, -0.15) is 0 Å². The number of alkyl halides is 1. The van der Waals surface area contributed by atoms with Crippen molar-refractivity contribution in [2.24, 2.45) is 0 Å². The van der Waals surface area contributed by atoms with Crippen LogP contribution in [0.15, 0.2) is 24.3 Å². The van der Waals surface area contributed by atoms with E-state index in [0.29, 0.717) is 31.3 Å². The first-order chi connectivity index (χ1) is 8.69. The molecule has 0 aromatic heterocycles. The molecule has 1 rings (SSSR count). The molecule has 1 amide bonds. The second kappa shape index (κ2) is 7.82. The average Bonchev–Trinajstić information content (AvgIpc) is 2.40. The Labute approximate surface area is 112 Å². The van der Waals surface area contributed by atoms with Crippen molar-refractivity contribution in [2.45, 2.75) is 6.92 Å². The van der Waals surface area contributed by atoms with Gasteiger partial charge in [0, 0.05) is 7.05 Å². The summed E-state index contributed by atoms with van der Waals surface area (Å²) in [7, 11) is 1.70. The molecular weight excluding hydrogens is 254 g/mol. The molecule has 0 radical (unpaired) electrons. The number of carbonyl (C=O) groups excluding carboxylic acids is 1. The molecule has 1 aromatic rings. The van der Waals surface area contributed by atoms with Crippen LogP contribution >= 0.6 is 11.6 Å². The van der Waals surface area contributed by atoms with Crippen LogP contribution in [-0.2, 0) is 4.79 Å². The number of ether oxygens (including phenoxy) is 2. The molecule has 0 N–H and O–H groups in total. The molecule has 0 unspecified atom stereocenters. The predicted octanol–water partition coefficient (Wildman–Crippen LogP) is 2.16. The monoisotopic (exact) mass is 271 g/mol. The Hall–Kier alpha value is -1.42. The number of halogens is 1. The summed E-state index contributed by atoms with van der Waals surface area (Å²) in [6, 6.07) is 7.47. The summed E-state index contributed by atoms with van der Waals surface area (Å²) < 4.78 is 11.0. The first-order valence-electron chi connectivity index (χ1n) is 5.83. The molecular formula is C13H18ClNO3. The van der Waals surface area contributed by atoms with Gasteiger partial charge in [0.25, 0.3) is 0 Å². The van der Waals surface area contributed by atoms with E-state index in [0.717, 1.165) is 0 Å². The standard InChI is InChI=1S/C13H18ClNO3/c1-3-17-11-6-4-5-7-12(11)18-9-8-15(2)13(16)10-14/h4-7H,3,8-10H2,1-2H3. The molecule has 0 saturated heterocycles. The molecule has 0 fully saturated rings. The number of rotatable bonds is 7. The zero-order valence-corrected chi connectivity index (χ0v) is 11.4. The highest BCUT2D eigenvalue weighted by atomic mass is 35.5. The van der Waals surface area contributed by atoms with Gasteiger partial charge in [0.15, 0.2) is 11.5 Å². The number of hydrogen-bond donors (Lipinski definition) is 0. The normalized spacial score (nSPS) is 9.94. The fourth-order valence-electron chi connectivity index (χ4n) is 1.36. The second-order valence-corrected chi connectivity index (χ2v) is 3.94. The molecule has 0 spiro atoms. The molecule has 0 aliphatic heterocycles. The van der Waals surface area contributed by atoms with E-state index in [-0.39, 0.29) is 11.8 Å². The summed E-state index contributed by atoms with van der Waals surface area (Å²) in [5.74, 6) is 1.28. The fraction of sp³-hybridized carbons (Fsp3) is 0.462. The maximum absolute atomic E-state index is 11.2. The minimum Gasteiger partial charge on any atom is -0.490 e. The van der Waals surface area contributed by atoms with Gasteiger partial charge in [0.1, 0.15) is 12.5 Å². The van der Waals surface area contributed by atoms with Gasteiger partial charge in [-0.1, -0.05) is 12.1 Å². The van der Waals surface area contributed by atoms with Crippen LogP contribution in [0.1, 0.15) is 6.92 Å². The van der Waals surface area contributed by atoms with Crippen molar-refractivity contribution in [3.63, 3.8) is 0 Å². The number of hydrogen-bond acceptors (Lipinski definition) is 3. The van der Waals surface area contributed by atoms with Gasteiger partial charge >= 0.3 is 0 Å². The van der Waals surface area contributed by atoms with E-state index in [1.54, 1.807) is 7.05 Å². The molecule has 0 aliphatic carbocycles. The van der Waals surface area contributed by atoms with Crippen molar-refractivity contribution in [1.29, 1.82) is 0 Å². The van der Waals surface area contributed by atoms with Crippen LogP contribution in [0.25, 0.3) is 0 Å². The lowest BCUT2D eigenvalue weighted by Crippen LogP contribution is -2.31. The Morgan fingerprint density at radius 1 is 1.28 bits per heavy atom. The van der Waals surface area contributed by atoms with E-state index < -0.39 is 0 Å². The first-order valence-corrected chi connectivity index (χ1v) is 6.37. The van der Waals surface area contributed by atoms with Crippen LogP contribution in [0.5, 0.6) is 11.5 Å². The number of nitrogens with zero attached hydrogens (tertiary/aromatic N) is 1. The van der Waals surface area contributed by atoms with Crippen LogP contribution in [0, 0.1) is 0 Å². The molecule has 5 heteroatoms. The van der Waals surface area contributed by atoms with E-state index in [2.05, 4.69) is 0 Å². The summed E-state index contributed by atoms with van der Waals surface area (Å²) in [5.41, 5.74) is 0. The van der Waals surface area contributed by atoms with Gasteiger partial charge in [0.2, 0.25) is 5.91 Å². The van der Waals surface area contributed by atoms with Crippen LogP contribution in [0.2, 0.25) is 0 Å². The van der Waals surface area contributed by atoms with E-state index in [4.69, 9.17) is 21.1 Å². The maximum atomic E-state index is 11.2. The minimum absolute atomic E-state index is 0.00790. The Morgan fingerprint density at radius 3 is 2.44 bits per heavy atom. The number of carbonyl (C=O) groups is 1. The maximum Gasteiger partial charge on any atom is 0.237 e. The SMILES string of the molecule is CCOc1ccccc1OCCN(C)C(=O)CCl. The van der Waals surface area contributed by atoms with E-state index >= 15 is 0 Å². The highest BCUT2D eigenvalue weighted by molar-refractivity contribution is 6.27. The summed E-state index contributed by atoms with van der Waals surface area (Å²) >= 11 is 5.46. The Balaban J connectivity index is 2.46. The molecule has 1 aromatic carbocycles. The van der Waals surface area contributed by atoms with Crippen molar-refractivity contribution in [1.82, 2.24) is 4.90 Å². The molecule has 0 heterocycles. The molecule has 0 bridgehead atoms. The van der Waals surface area contributed by atoms with Crippen molar-refractivity contribution < 1.29 is 14.3 Å². The van der Waals surface area contributed by atoms with Crippen LogP contribution in [0.3, 0.4) is 0 Å². The van der Waals surface area contributed by atoms with E-state index in [1.807, 2.05) is 31.2 Å². The van der Waals surface area contributed by atoms with Crippen molar-refractivity contribution >= 4 is 17.5 Å². The Bertz CT molecular complexity index is 384. The Kier molecular flexibility index (Phi) is 6.36. The third-order valence-electron chi connectivity index (χ3n) is 2.37. The van der Waals surface area contributed by atoms with Gasteiger partial charge < -0.3 is 14.4 Å². The summed E-state index contributed by atoms with van der Waals surface area (Å²) in [5, 5.41) is 0. The fourth-order valence-corrected chi connectivity index (χ4v) is 1.57. The topological polar surface area (TPSA) is 38.8 Å². The third kappa shape index (κ3) is 4.45. The first kappa shape index (κ1) is 14.6. The van der Waals surface area contributed by atoms with Gasteiger partial charge in [-0.3, -0.25) is 4.79 Å². The quantitative estimate of drug-likeness (QED) is 0.714. The van der Waals surface area contributed by atoms with Crippen molar-refractivity contribution in [3.8, 4) is 11.5 Å². The number of likely N-dealkylation sites (N-methyl/N-ethyl adjacent to an activating group) is 1. The highest BCUT2D eigenvalue weighted by Gasteiger charge is 2.08. The van der Waals surface area contributed by atoms with Gasteiger partial charge in [-0.05, 0) is 19.1 Å². The van der Waals surface area contributed by atoms with Gasteiger partial charge in [-0.25, -0.2) is 0 Å². The highest BCUT2D eigenvalue weighted by Crippen LogP contribution is 2.26.